The van der Waals surface area contributed by atoms with Crippen molar-refractivity contribution in [1.82, 2.24) is 36.4 Å². The Balaban J connectivity index is 0.000000764. The van der Waals surface area contributed by atoms with E-state index in [2.05, 4.69) is 70.6 Å². The second kappa shape index (κ2) is 38.7. The average Bonchev–Trinajstić information content (AvgIpc) is 3.38. The minimum atomic E-state index is -1.11. The third kappa shape index (κ3) is 26.8. The van der Waals surface area contributed by atoms with Gasteiger partial charge in [-0.15, -0.1) is 0 Å². The van der Waals surface area contributed by atoms with E-state index < -0.39 is 55.0 Å². The summed E-state index contributed by atoms with van der Waals surface area (Å²) in [5, 5.41) is 12.9. The normalized spacial score (nSPS) is 12.8. The van der Waals surface area contributed by atoms with Crippen molar-refractivity contribution in [3.63, 3.8) is 0 Å². The number of likely N-dealkylation sites (N-methyl/N-ethyl adjacent to an activating group) is 2. The van der Waals surface area contributed by atoms with Crippen LogP contribution in [0.3, 0.4) is 0 Å². The fourth-order valence-electron chi connectivity index (χ4n) is 6.87. The summed E-state index contributed by atoms with van der Waals surface area (Å²) in [6, 6.07) is 8.52. The Morgan fingerprint density at radius 1 is 0.618 bits per heavy atom. The largest absolute Gasteiger partial charge is 0.493 e. The number of methoxy groups -OCH3 is 2. The summed E-state index contributed by atoms with van der Waals surface area (Å²) in [4.78, 5) is 90.5. The summed E-state index contributed by atoms with van der Waals surface area (Å²) in [7, 11) is 2.83. The van der Waals surface area contributed by atoms with E-state index in [-0.39, 0.29) is 72.6 Å². The molecule has 0 aromatic heterocycles. The zero-order valence-electron chi connectivity index (χ0n) is 45.4. The van der Waals surface area contributed by atoms with Gasteiger partial charge in [0, 0.05) is 38.9 Å². The first-order valence-corrected chi connectivity index (χ1v) is 26.7. The molecule has 0 aliphatic carbocycles. The van der Waals surface area contributed by atoms with Crippen LogP contribution in [0.25, 0.3) is 0 Å². The molecule has 2 rings (SSSR count). The highest BCUT2D eigenvalue weighted by Crippen LogP contribution is 2.33. The van der Waals surface area contributed by atoms with Crippen LogP contribution in [0, 0.1) is 5.92 Å². The van der Waals surface area contributed by atoms with Gasteiger partial charge in [-0.3, -0.25) is 31.2 Å². The number of esters is 1. The number of thiol groups is 2. The van der Waals surface area contributed by atoms with Gasteiger partial charge in [0.1, 0.15) is 24.5 Å². The highest BCUT2D eigenvalue weighted by Gasteiger charge is 2.30. The van der Waals surface area contributed by atoms with Crippen LogP contribution in [0.1, 0.15) is 110 Å². The summed E-state index contributed by atoms with van der Waals surface area (Å²) in [6.07, 6.45) is -1.99. The van der Waals surface area contributed by atoms with Crippen LogP contribution in [0.2, 0.25) is 0 Å². The summed E-state index contributed by atoms with van der Waals surface area (Å²) in [6.45, 7) is 15.5. The number of amides is 6. The summed E-state index contributed by atoms with van der Waals surface area (Å²) in [5.74, 6) is -0.0173. The number of nitrogens with two attached hydrogens (primary N) is 4. The van der Waals surface area contributed by atoms with E-state index in [4.69, 9.17) is 51.4 Å². The first-order valence-electron chi connectivity index (χ1n) is 25.5. The smallest absolute Gasteiger partial charge is 0.415 e. The van der Waals surface area contributed by atoms with Crippen LogP contribution in [0.15, 0.2) is 36.4 Å². The van der Waals surface area contributed by atoms with Gasteiger partial charge in [0.05, 0.1) is 33.5 Å². The number of ether oxygens (including phenoxy) is 6. The Kier molecular flexibility index (Phi) is 34.8. The fourth-order valence-corrected chi connectivity index (χ4v) is 7.27. The second-order valence-corrected chi connectivity index (χ2v) is 18.1. The molecule has 26 heteroatoms. The van der Waals surface area contributed by atoms with Gasteiger partial charge in [-0.2, -0.15) is 25.3 Å². The quantitative estimate of drug-likeness (QED) is 0.0160. The fraction of sp³-hybridized carbons (Fsp3) is 0.620. The molecule has 0 saturated heterocycles. The molecule has 2 aromatic rings. The average molecular weight is 1110 g/mol. The standard InChI is InChI=1S/C27H45N5O7S.C23H40N6O6S/c1-5-17(2)25(32-24(34)9-7-6-8-13-28)26(35)38-20-11-10-19(15-21(20)37-4)22(16-30-23(33)12-14-40)39-27(36)31-18(3)29;1-5-28(6-2)11-12-29(7-3)23(32)35-17-9-8-16(14-18(17)33-4)19(15-26-20(30)10-13-36)34-22(31)27-21(24)25/h10-11,15,17-18,22,25,40H,5-9,12-14,16,28-29H2,1-4H3,(H,30,33)(H,31,36)(H,32,34);8-9,14,19,21,36H,5-7,10-13,15,24-25H2,1-4H3,(H,26,30)(H,27,31)/t17-,18?,22?,25-;/m0./s1. The number of hydrogen-bond acceptors (Lipinski definition) is 20. The van der Waals surface area contributed by atoms with E-state index in [0.29, 0.717) is 61.5 Å². The zero-order chi connectivity index (χ0) is 57.2. The Morgan fingerprint density at radius 2 is 1.13 bits per heavy atom. The highest BCUT2D eigenvalue weighted by molar-refractivity contribution is 7.80. The number of nitrogens with zero attached hydrogens (tertiary/aromatic N) is 2. The van der Waals surface area contributed by atoms with Crippen molar-refractivity contribution in [1.29, 1.82) is 0 Å². The van der Waals surface area contributed by atoms with Gasteiger partial charge in [-0.05, 0) is 99.1 Å². The predicted octanol–water partition coefficient (Wildman–Crippen LogP) is 3.42. The maximum absolute atomic E-state index is 13.1. The maximum atomic E-state index is 13.1. The Bertz CT molecular complexity index is 2090. The van der Waals surface area contributed by atoms with E-state index in [1.165, 1.54) is 20.3 Å². The molecule has 3 unspecified atom stereocenters. The number of carbonyl (C=O) groups is 7. The van der Waals surface area contributed by atoms with Crippen molar-refractivity contribution in [3.05, 3.63) is 47.5 Å². The molecular weight excluding hydrogens is 1030 g/mol. The van der Waals surface area contributed by atoms with Gasteiger partial charge in [-0.25, -0.2) is 19.2 Å². The van der Waals surface area contributed by atoms with Gasteiger partial charge in [0.2, 0.25) is 17.7 Å². The van der Waals surface area contributed by atoms with Gasteiger partial charge in [0.15, 0.2) is 23.0 Å². The number of hydrogen-bond donors (Lipinski definition) is 11. The number of carbonyl (C=O) groups excluding carboxylic acids is 7. The van der Waals surface area contributed by atoms with E-state index >= 15 is 0 Å². The summed E-state index contributed by atoms with van der Waals surface area (Å²) >= 11 is 8.09. The number of alkyl carbamates (subject to hydrolysis) is 2. The van der Waals surface area contributed by atoms with E-state index in [1.807, 2.05) is 20.8 Å². The van der Waals surface area contributed by atoms with Crippen molar-refractivity contribution in [2.45, 2.75) is 117 Å². The van der Waals surface area contributed by atoms with Crippen molar-refractivity contribution < 1.29 is 62.0 Å². The highest BCUT2D eigenvalue weighted by atomic mass is 32.1. The van der Waals surface area contributed by atoms with Crippen LogP contribution >= 0.6 is 25.3 Å². The molecule has 0 aliphatic rings. The lowest BCUT2D eigenvalue weighted by Crippen LogP contribution is -2.49. The molecule has 76 heavy (non-hydrogen) atoms. The first-order chi connectivity index (χ1) is 36.2. The van der Waals surface area contributed by atoms with Gasteiger partial charge in [0.25, 0.3) is 0 Å². The summed E-state index contributed by atoms with van der Waals surface area (Å²) in [5.41, 5.74) is 22.9. The molecule has 0 bridgehead atoms. The Labute approximate surface area is 458 Å². The van der Waals surface area contributed by atoms with Crippen molar-refractivity contribution in [2.24, 2.45) is 28.9 Å². The van der Waals surface area contributed by atoms with Crippen LogP contribution in [0.4, 0.5) is 14.4 Å². The Morgan fingerprint density at radius 3 is 1.57 bits per heavy atom. The third-order valence-electron chi connectivity index (χ3n) is 11.4. The lowest BCUT2D eigenvalue weighted by Gasteiger charge is -2.25. The summed E-state index contributed by atoms with van der Waals surface area (Å²) < 4.78 is 33.0. The molecule has 6 amide bonds. The molecule has 0 spiro atoms. The third-order valence-corrected chi connectivity index (χ3v) is 11.9. The Hall–Kier alpha value is -5.77. The molecule has 0 heterocycles. The molecule has 0 radical (unpaired) electrons. The monoisotopic (exact) mass is 1110 g/mol. The maximum Gasteiger partial charge on any atom is 0.415 e. The van der Waals surface area contributed by atoms with Crippen molar-refractivity contribution in [3.8, 4) is 23.0 Å². The molecule has 0 aliphatic heterocycles. The number of unbranched alkanes of at least 4 members (excludes halogenated alkanes) is 2. The minimum Gasteiger partial charge on any atom is -0.493 e. The molecular formula is C50H85N11O13S2. The van der Waals surface area contributed by atoms with E-state index in [0.717, 1.165) is 32.5 Å². The molecule has 5 atom stereocenters. The van der Waals surface area contributed by atoms with Crippen LogP contribution in [-0.4, -0.2) is 148 Å². The topological polar surface area (TPSA) is 346 Å². The number of benzene rings is 2. The number of rotatable bonds is 33. The van der Waals surface area contributed by atoms with Crippen LogP contribution < -0.4 is 68.5 Å². The van der Waals surface area contributed by atoms with Gasteiger partial charge >= 0.3 is 24.2 Å². The van der Waals surface area contributed by atoms with E-state index in [9.17, 15) is 33.6 Å². The second-order valence-electron chi connectivity index (χ2n) is 17.2. The first kappa shape index (κ1) is 68.2. The minimum absolute atomic E-state index is 0.0168. The molecule has 13 N–H and O–H groups in total. The lowest BCUT2D eigenvalue weighted by atomic mass is 9.99. The van der Waals surface area contributed by atoms with E-state index in [1.54, 1.807) is 42.2 Å². The predicted molar refractivity (Wildman–Crippen MR) is 295 cm³/mol. The van der Waals surface area contributed by atoms with Crippen molar-refractivity contribution in [2.75, 3.05) is 78.1 Å². The van der Waals surface area contributed by atoms with Gasteiger partial charge in [-0.1, -0.05) is 52.7 Å². The molecule has 0 fully saturated rings. The van der Waals surface area contributed by atoms with Crippen LogP contribution in [0.5, 0.6) is 23.0 Å². The molecule has 0 saturated carbocycles. The lowest BCUT2D eigenvalue weighted by molar-refractivity contribution is -0.141. The van der Waals surface area contributed by atoms with Crippen molar-refractivity contribution >= 4 is 67.2 Å². The zero-order valence-corrected chi connectivity index (χ0v) is 47.1. The molecule has 2 aromatic carbocycles. The number of nitrogens with one attached hydrogen (secondary N) is 5. The molecule has 430 valence electrons. The SMILES string of the molecule is CCN(CC)CCN(CC)C(=O)Oc1ccc(C(CNC(=O)CCS)OC(=O)NC(N)N)cc1OC.CC[C@H](C)[C@H](NC(=O)CCCCCN)C(=O)Oc1ccc(C(CNC(=O)CCS)OC(=O)NC(C)N)cc1OC. The van der Waals surface area contributed by atoms with Crippen LogP contribution in [-0.2, 0) is 28.7 Å². The van der Waals surface area contributed by atoms with Gasteiger partial charge < -0.3 is 71.0 Å². The molecule has 24 nitrogen and oxygen atoms in total.